The molecule has 0 aromatic carbocycles. The largest absolute Gasteiger partial charge is 0.296 e. The van der Waals surface area contributed by atoms with Crippen LogP contribution in [-0.2, 0) is 12.8 Å². The number of carbonyl (C=O) groups excluding carboxylic acids is 1. The molecule has 1 heterocycles. The molecule has 0 saturated carbocycles. The van der Waals surface area contributed by atoms with E-state index in [9.17, 15) is 13.6 Å². The average molecular weight is 186 g/mol. The van der Waals surface area contributed by atoms with Gasteiger partial charge in [-0.05, 0) is 6.42 Å². The molecule has 70 valence electrons. The van der Waals surface area contributed by atoms with Crippen molar-refractivity contribution in [2.45, 2.75) is 25.2 Å². The molecule has 1 aromatic heterocycles. The third kappa shape index (κ3) is 1.34. The van der Waals surface area contributed by atoms with Crippen LogP contribution in [0.1, 0.15) is 28.2 Å². The number of halogens is 2. The lowest BCUT2D eigenvalue weighted by Crippen LogP contribution is -2.26. The highest BCUT2D eigenvalue weighted by atomic mass is 19.3. The van der Waals surface area contributed by atoms with Gasteiger partial charge in [0.2, 0.25) is 0 Å². The first kappa shape index (κ1) is 8.34. The van der Waals surface area contributed by atoms with Crippen molar-refractivity contribution < 1.29 is 13.6 Å². The second-order valence-electron chi connectivity index (χ2n) is 3.22. The van der Waals surface area contributed by atoms with Gasteiger partial charge in [-0.15, -0.1) is 0 Å². The van der Waals surface area contributed by atoms with Gasteiger partial charge in [-0.1, -0.05) is 0 Å². The maximum absolute atomic E-state index is 12.9. The van der Waals surface area contributed by atoms with Crippen molar-refractivity contribution in [2.24, 2.45) is 0 Å². The predicted molar refractivity (Wildman–Crippen MR) is 40.9 cm³/mol. The summed E-state index contributed by atoms with van der Waals surface area (Å²) in [5.41, 5.74) is 1.17. The standard InChI is InChI=1S/C8H8F2N2O/c9-8(10)2-1-6-5(3-8)7(4-13)12-11-6/h4H,1-3H2,(H,11,12). The summed E-state index contributed by atoms with van der Waals surface area (Å²) in [5.74, 6) is -2.69. The number of aldehydes is 1. The molecule has 0 amide bonds. The highest BCUT2D eigenvalue weighted by Gasteiger charge is 2.36. The number of carbonyl (C=O) groups is 1. The SMILES string of the molecule is O=Cc1n[nH]c2c1CC(F)(F)CC2. The van der Waals surface area contributed by atoms with E-state index in [4.69, 9.17) is 0 Å². The van der Waals surface area contributed by atoms with Gasteiger partial charge in [-0.3, -0.25) is 9.89 Å². The van der Waals surface area contributed by atoms with Crippen LogP contribution in [0.4, 0.5) is 8.78 Å². The van der Waals surface area contributed by atoms with E-state index in [0.29, 0.717) is 17.5 Å². The molecule has 0 radical (unpaired) electrons. The molecule has 0 saturated heterocycles. The quantitative estimate of drug-likeness (QED) is 0.673. The van der Waals surface area contributed by atoms with Gasteiger partial charge in [0.1, 0.15) is 5.69 Å². The second kappa shape index (κ2) is 2.61. The Bertz CT molecular complexity index is 346. The minimum atomic E-state index is -2.69. The van der Waals surface area contributed by atoms with Crippen LogP contribution in [0.15, 0.2) is 0 Å². The van der Waals surface area contributed by atoms with Crippen LogP contribution in [0.5, 0.6) is 0 Å². The summed E-state index contributed by atoms with van der Waals surface area (Å²) in [6.45, 7) is 0. The third-order valence-corrected chi connectivity index (χ3v) is 2.27. The summed E-state index contributed by atoms with van der Waals surface area (Å²) >= 11 is 0. The van der Waals surface area contributed by atoms with Crippen LogP contribution >= 0.6 is 0 Å². The summed E-state index contributed by atoms with van der Waals surface area (Å²) in [6, 6.07) is 0. The lowest BCUT2D eigenvalue weighted by Gasteiger charge is -2.21. The molecule has 3 nitrogen and oxygen atoms in total. The molecule has 0 aliphatic heterocycles. The summed E-state index contributed by atoms with van der Waals surface area (Å²) in [5, 5.41) is 6.26. The van der Waals surface area contributed by atoms with Crippen molar-refractivity contribution in [3.05, 3.63) is 17.0 Å². The fourth-order valence-corrected chi connectivity index (χ4v) is 1.57. The van der Waals surface area contributed by atoms with Gasteiger partial charge in [-0.25, -0.2) is 8.78 Å². The first-order valence-corrected chi connectivity index (χ1v) is 4.01. The molecule has 0 bridgehead atoms. The number of alkyl halides is 2. The van der Waals surface area contributed by atoms with Gasteiger partial charge in [0.15, 0.2) is 6.29 Å². The van der Waals surface area contributed by atoms with Crippen LogP contribution < -0.4 is 0 Å². The van der Waals surface area contributed by atoms with Crippen LogP contribution in [0.3, 0.4) is 0 Å². The molecule has 2 rings (SSSR count). The lowest BCUT2D eigenvalue weighted by atomic mass is 9.93. The first-order valence-electron chi connectivity index (χ1n) is 4.01. The Morgan fingerprint density at radius 3 is 3.00 bits per heavy atom. The smallest absolute Gasteiger partial charge is 0.252 e. The topological polar surface area (TPSA) is 45.8 Å². The van der Waals surface area contributed by atoms with Gasteiger partial charge < -0.3 is 0 Å². The zero-order chi connectivity index (χ0) is 9.47. The fourth-order valence-electron chi connectivity index (χ4n) is 1.57. The number of nitrogens with one attached hydrogen (secondary N) is 1. The Kier molecular flexibility index (Phi) is 1.68. The summed E-state index contributed by atoms with van der Waals surface area (Å²) in [6.07, 6.45) is 0.243. The molecule has 1 aromatic rings. The van der Waals surface area contributed by atoms with E-state index >= 15 is 0 Å². The molecule has 1 N–H and O–H groups in total. The number of hydrogen-bond acceptors (Lipinski definition) is 2. The normalized spacial score (nSPS) is 19.5. The van der Waals surface area contributed by atoms with E-state index < -0.39 is 5.92 Å². The Hall–Kier alpha value is -1.26. The minimum Gasteiger partial charge on any atom is -0.296 e. The van der Waals surface area contributed by atoms with Crippen LogP contribution in [-0.4, -0.2) is 22.4 Å². The molecule has 1 aliphatic rings. The third-order valence-electron chi connectivity index (χ3n) is 2.27. The van der Waals surface area contributed by atoms with E-state index in [1.165, 1.54) is 0 Å². The molecule has 1 aliphatic carbocycles. The summed E-state index contributed by atoms with van der Waals surface area (Å²) < 4.78 is 25.8. The number of H-pyrrole nitrogens is 1. The molecule has 13 heavy (non-hydrogen) atoms. The van der Waals surface area contributed by atoms with Gasteiger partial charge in [0.25, 0.3) is 5.92 Å². The van der Waals surface area contributed by atoms with E-state index in [0.717, 1.165) is 0 Å². The van der Waals surface area contributed by atoms with Gasteiger partial charge >= 0.3 is 0 Å². The van der Waals surface area contributed by atoms with Crippen molar-refractivity contribution in [2.75, 3.05) is 0 Å². The molecular formula is C8H8F2N2O. The van der Waals surface area contributed by atoms with Gasteiger partial charge in [0.05, 0.1) is 0 Å². The van der Waals surface area contributed by atoms with Crippen molar-refractivity contribution in [1.82, 2.24) is 10.2 Å². The Labute approximate surface area is 73.1 Å². The van der Waals surface area contributed by atoms with E-state index in [-0.39, 0.29) is 25.0 Å². The van der Waals surface area contributed by atoms with Crippen molar-refractivity contribution in [3.63, 3.8) is 0 Å². The van der Waals surface area contributed by atoms with E-state index in [1.807, 2.05) is 0 Å². The maximum atomic E-state index is 12.9. The Morgan fingerprint density at radius 1 is 1.54 bits per heavy atom. The van der Waals surface area contributed by atoms with Crippen LogP contribution in [0.2, 0.25) is 0 Å². The predicted octanol–water partition coefficient (Wildman–Crippen LogP) is 1.35. The molecule has 0 atom stereocenters. The maximum Gasteiger partial charge on any atom is 0.252 e. The molecule has 0 unspecified atom stereocenters. The highest BCUT2D eigenvalue weighted by molar-refractivity contribution is 5.74. The molecular weight excluding hydrogens is 178 g/mol. The number of aryl methyl sites for hydroxylation is 1. The summed E-state index contributed by atoms with van der Waals surface area (Å²) in [7, 11) is 0. The van der Waals surface area contributed by atoms with Gasteiger partial charge in [-0.2, -0.15) is 5.10 Å². The molecule has 5 heteroatoms. The van der Waals surface area contributed by atoms with E-state index in [2.05, 4.69) is 10.2 Å². The van der Waals surface area contributed by atoms with Crippen molar-refractivity contribution in [3.8, 4) is 0 Å². The number of hydrogen-bond donors (Lipinski definition) is 1. The fraction of sp³-hybridized carbons (Fsp3) is 0.500. The lowest BCUT2D eigenvalue weighted by molar-refractivity contribution is -0.0125. The number of nitrogens with zero attached hydrogens (tertiary/aromatic N) is 1. The molecule has 0 spiro atoms. The zero-order valence-electron chi connectivity index (χ0n) is 6.81. The number of fused-ring (bicyclic) bond motifs is 1. The average Bonchev–Trinajstić information content (AvgIpc) is 2.44. The van der Waals surface area contributed by atoms with Crippen LogP contribution in [0.25, 0.3) is 0 Å². The monoisotopic (exact) mass is 186 g/mol. The highest BCUT2D eigenvalue weighted by Crippen LogP contribution is 2.32. The van der Waals surface area contributed by atoms with Gasteiger partial charge in [0, 0.05) is 24.1 Å². The number of aromatic nitrogens is 2. The summed E-state index contributed by atoms with van der Waals surface area (Å²) in [4.78, 5) is 10.4. The van der Waals surface area contributed by atoms with Crippen molar-refractivity contribution in [1.29, 1.82) is 0 Å². The first-order chi connectivity index (χ1) is 6.12. The van der Waals surface area contributed by atoms with Crippen molar-refractivity contribution >= 4 is 6.29 Å². The zero-order valence-corrected chi connectivity index (χ0v) is 6.81. The van der Waals surface area contributed by atoms with E-state index in [1.54, 1.807) is 0 Å². The number of rotatable bonds is 1. The Balaban J connectivity index is 2.41. The number of aromatic amines is 1. The Morgan fingerprint density at radius 2 is 2.31 bits per heavy atom. The van der Waals surface area contributed by atoms with Crippen LogP contribution in [0, 0.1) is 0 Å². The molecule has 0 fully saturated rings. The second-order valence-corrected chi connectivity index (χ2v) is 3.22. The minimum absolute atomic E-state index is 0.120.